The molecule has 2 aromatic heterocycles. The standard InChI is InChI=1S/C11H14N4/c1-6(2)9-11-10(14-8(4)13-9)7(3)5-12-15-11/h5-6H,1-4H3. The van der Waals surface area contributed by atoms with E-state index >= 15 is 0 Å². The van der Waals surface area contributed by atoms with Crippen LogP contribution in [0, 0.1) is 13.8 Å². The van der Waals surface area contributed by atoms with E-state index in [4.69, 9.17) is 0 Å². The number of hydrogen-bond acceptors (Lipinski definition) is 4. The fourth-order valence-corrected chi connectivity index (χ4v) is 1.60. The molecule has 2 heterocycles. The molecule has 0 fully saturated rings. The molecule has 4 heteroatoms. The van der Waals surface area contributed by atoms with Crippen molar-refractivity contribution < 1.29 is 0 Å². The van der Waals surface area contributed by atoms with Crippen molar-refractivity contribution in [2.24, 2.45) is 0 Å². The van der Waals surface area contributed by atoms with E-state index in [0.717, 1.165) is 28.1 Å². The molecule has 0 aliphatic rings. The lowest BCUT2D eigenvalue weighted by molar-refractivity contribution is 0.807. The first-order valence-electron chi connectivity index (χ1n) is 5.06. The van der Waals surface area contributed by atoms with Crippen LogP contribution in [0.15, 0.2) is 6.20 Å². The molecular weight excluding hydrogens is 188 g/mol. The third-order valence-electron chi connectivity index (χ3n) is 2.35. The van der Waals surface area contributed by atoms with Gasteiger partial charge in [0.2, 0.25) is 0 Å². The minimum absolute atomic E-state index is 0.338. The predicted molar refractivity (Wildman–Crippen MR) is 58.7 cm³/mol. The maximum Gasteiger partial charge on any atom is 0.133 e. The van der Waals surface area contributed by atoms with E-state index in [0.29, 0.717) is 5.92 Å². The SMILES string of the molecule is Cc1nc(C(C)C)c2nncc(C)c2n1. The van der Waals surface area contributed by atoms with Crippen molar-refractivity contribution in [1.82, 2.24) is 20.2 Å². The van der Waals surface area contributed by atoms with Crippen molar-refractivity contribution in [3.8, 4) is 0 Å². The second kappa shape index (κ2) is 3.53. The summed E-state index contributed by atoms with van der Waals surface area (Å²) in [5.41, 5.74) is 3.78. The van der Waals surface area contributed by atoms with E-state index in [1.54, 1.807) is 6.20 Å². The molecule has 0 unspecified atom stereocenters. The molecule has 4 nitrogen and oxygen atoms in total. The molecule has 0 N–H and O–H groups in total. The van der Waals surface area contributed by atoms with Gasteiger partial charge >= 0.3 is 0 Å². The Morgan fingerprint density at radius 1 is 1.07 bits per heavy atom. The molecule has 0 spiro atoms. The molecule has 0 saturated carbocycles. The molecule has 0 amide bonds. The van der Waals surface area contributed by atoms with Crippen molar-refractivity contribution in [2.45, 2.75) is 33.6 Å². The van der Waals surface area contributed by atoms with Gasteiger partial charge in [-0.3, -0.25) is 0 Å². The first-order chi connectivity index (χ1) is 7.09. The van der Waals surface area contributed by atoms with Gasteiger partial charge in [-0.2, -0.15) is 5.10 Å². The zero-order valence-corrected chi connectivity index (χ0v) is 9.44. The lowest BCUT2D eigenvalue weighted by atomic mass is 10.1. The lowest BCUT2D eigenvalue weighted by Gasteiger charge is -2.09. The highest BCUT2D eigenvalue weighted by atomic mass is 15.1. The van der Waals surface area contributed by atoms with Crippen molar-refractivity contribution in [3.05, 3.63) is 23.3 Å². The Bertz CT molecular complexity index is 505. The van der Waals surface area contributed by atoms with E-state index in [-0.39, 0.29) is 0 Å². The summed E-state index contributed by atoms with van der Waals surface area (Å²) in [4.78, 5) is 8.83. The number of nitrogens with zero attached hydrogens (tertiary/aromatic N) is 4. The first kappa shape index (κ1) is 9.96. The number of fused-ring (bicyclic) bond motifs is 1. The summed E-state index contributed by atoms with van der Waals surface area (Å²) >= 11 is 0. The number of aryl methyl sites for hydroxylation is 2. The predicted octanol–water partition coefficient (Wildman–Crippen LogP) is 2.16. The van der Waals surface area contributed by atoms with Crippen LogP contribution in [0.5, 0.6) is 0 Å². The third kappa shape index (κ3) is 1.67. The molecule has 0 atom stereocenters. The summed E-state index contributed by atoms with van der Waals surface area (Å²) in [6.45, 7) is 8.11. The Kier molecular flexibility index (Phi) is 2.34. The van der Waals surface area contributed by atoms with Crippen LogP contribution in [0.2, 0.25) is 0 Å². The van der Waals surface area contributed by atoms with E-state index in [1.807, 2.05) is 13.8 Å². The van der Waals surface area contributed by atoms with Crippen LogP contribution in [0.3, 0.4) is 0 Å². The maximum absolute atomic E-state index is 4.43. The summed E-state index contributed by atoms with van der Waals surface area (Å²) in [5, 5.41) is 8.08. The Balaban J connectivity index is 2.86. The molecule has 0 saturated heterocycles. The molecule has 2 rings (SSSR count). The van der Waals surface area contributed by atoms with E-state index in [9.17, 15) is 0 Å². The lowest BCUT2D eigenvalue weighted by Crippen LogP contribution is -2.03. The largest absolute Gasteiger partial charge is 0.236 e. The summed E-state index contributed by atoms with van der Waals surface area (Å²) in [6, 6.07) is 0. The van der Waals surface area contributed by atoms with Gasteiger partial charge in [0.15, 0.2) is 0 Å². The monoisotopic (exact) mass is 202 g/mol. The van der Waals surface area contributed by atoms with E-state index in [2.05, 4.69) is 34.0 Å². The molecule has 0 aliphatic heterocycles. The summed E-state index contributed by atoms with van der Waals surface area (Å²) in [5.74, 6) is 1.13. The number of aromatic nitrogens is 4. The van der Waals surface area contributed by atoms with Crippen LogP contribution in [0.4, 0.5) is 0 Å². The molecule has 0 aliphatic carbocycles. The second-order valence-corrected chi connectivity index (χ2v) is 4.04. The normalized spacial score (nSPS) is 11.3. The van der Waals surface area contributed by atoms with Crippen LogP contribution in [-0.4, -0.2) is 20.2 Å². The minimum atomic E-state index is 0.338. The van der Waals surface area contributed by atoms with Gasteiger partial charge in [0.1, 0.15) is 11.3 Å². The molecule has 2 aromatic rings. The van der Waals surface area contributed by atoms with Crippen LogP contribution in [-0.2, 0) is 0 Å². The average molecular weight is 202 g/mol. The zero-order valence-electron chi connectivity index (χ0n) is 9.44. The van der Waals surface area contributed by atoms with Gasteiger partial charge in [-0.15, -0.1) is 5.10 Å². The Morgan fingerprint density at radius 2 is 1.80 bits per heavy atom. The van der Waals surface area contributed by atoms with Gasteiger partial charge in [-0.05, 0) is 25.3 Å². The first-order valence-corrected chi connectivity index (χ1v) is 5.06. The minimum Gasteiger partial charge on any atom is -0.236 e. The topological polar surface area (TPSA) is 51.6 Å². The summed E-state index contributed by atoms with van der Waals surface area (Å²) in [6.07, 6.45) is 1.74. The Hall–Kier alpha value is -1.58. The van der Waals surface area contributed by atoms with Gasteiger partial charge in [-0.1, -0.05) is 13.8 Å². The second-order valence-electron chi connectivity index (χ2n) is 4.04. The third-order valence-corrected chi connectivity index (χ3v) is 2.35. The molecule has 0 bridgehead atoms. The van der Waals surface area contributed by atoms with Crippen LogP contribution >= 0.6 is 0 Å². The molecular formula is C11H14N4. The molecule has 78 valence electrons. The fourth-order valence-electron chi connectivity index (χ4n) is 1.60. The maximum atomic E-state index is 4.43. The van der Waals surface area contributed by atoms with Gasteiger partial charge in [0.25, 0.3) is 0 Å². The summed E-state index contributed by atoms with van der Waals surface area (Å²) < 4.78 is 0. The van der Waals surface area contributed by atoms with Crippen LogP contribution in [0.1, 0.15) is 36.8 Å². The Labute approximate surface area is 88.8 Å². The Morgan fingerprint density at radius 3 is 2.47 bits per heavy atom. The van der Waals surface area contributed by atoms with E-state index in [1.165, 1.54) is 0 Å². The van der Waals surface area contributed by atoms with Crippen molar-refractivity contribution in [1.29, 1.82) is 0 Å². The molecule has 15 heavy (non-hydrogen) atoms. The highest BCUT2D eigenvalue weighted by molar-refractivity contribution is 5.79. The highest BCUT2D eigenvalue weighted by Crippen LogP contribution is 2.21. The van der Waals surface area contributed by atoms with Gasteiger partial charge in [0.05, 0.1) is 17.4 Å². The number of hydrogen-bond donors (Lipinski definition) is 0. The van der Waals surface area contributed by atoms with Crippen LogP contribution in [0.25, 0.3) is 11.0 Å². The molecule has 0 radical (unpaired) electrons. The van der Waals surface area contributed by atoms with Gasteiger partial charge in [0, 0.05) is 0 Å². The smallest absolute Gasteiger partial charge is 0.133 e. The van der Waals surface area contributed by atoms with Crippen molar-refractivity contribution in [2.75, 3.05) is 0 Å². The quantitative estimate of drug-likeness (QED) is 0.711. The van der Waals surface area contributed by atoms with Crippen LogP contribution < -0.4 is 0 Å². The zero-order chi connectivity index (χ0) is 11.0. The summed E-state index contributed by atoms with van der Waals surface area (Å²) in [7, 11) is 0. The number of rotatable bonds is 1. The fraction of sp³-hybridized carbons (Fsp3) is 0.455. The van der Waals surface area contributed by atoms with Gasteiger partial charge in [-0.25, -0.2) is 9.97 Å². The average Bonchev–Trinajstić information content (AvgIpc) is 2.18. The van der Waals surface area contributed by atoms with E-state index < -0.39 is 0 Å². The van der Waals surface area contributed by atoms with Crippen molar-refractivity contribution in [3.63, 3.8) is 0 Å². The van der Waals surface area contributed by atoms with Crippen molar-refractivity contribution >= 4 is 11.0 Å². The molecule has 0 aromatic carbocycles. The van der Waals surface area contributed by atoms with Gasteiger partial charge < -0.3 is 0 Å². The highest BCUT2D eigenvalue weighted by Gasteiger charge is 2.12.